The van der Waals surface area contributed by atoms with Crippen LogP contribution in [-0.4, -0.2) is 29.2 Å². The second-order valence-corrected chi connectivity index (χ2v) is 7.41. The lowest BCUT2D eigenvalue weighted by atomic mass is 9.91. The van der Waals surface area contributed by atoms with Crippen LogP contribution in [0.3, 0.4) is 0 Å². The minimum atomic E-state index is -6.19. The maximum absolute atomic E-state index is 14.0. The summed E-state index contributed by atoms with van der Waals surface area (Å²) in [5.74, 6) is -3.84. The van der Waals surface area contributed by atoms with Crippen LogP contribution in [0.1, 0.15) is 26.3 Å². The van der Waals surface area contributed by atoms with Crippen molar-refractivity contribution >= 4 is 23.3 Å². The van der Waals surface area contributed by atoms with Crippen LogP contribution in [0.25, 0.3) is 0 Å². The van der Waals surface area contributed by atoms with E-state index in [4.69, 9.17) is 0 Å². The van der Waals surface area contributed by atoms with Crippen LogP contribution in [-0.2, 0) is 10.3 Å². The highest BCUT2D eigenvalue weighted by atomic mass is 19.4. The number of nitro benzene ring substituents is 1. The number of halogens is 7. The van der Waals surface area contributed by atoms with E-state index in [0.29, 0.717) is 48.5 Å². The Labute approximate surface area is 202 Å². The van der Waals surface area contributed by atoms with Crippen molar-refractivity contribution < 1.29 is 50.0 Å². The molecule has 1 amide bonds. The zero-order valence-corrected chi connectivity index (χ0v) is 18.1. The Hall–Kier alpha value is -4.49. The maximum atomic E-state index is 14.0. The molecule has 0 aliphatic rings. The standard InChI is InChI=1S/C23H13F7N2O5/c24-16-8-4-13(5-9-16)20(34)37-21(22(25,26)27,23(28,29)30)15-6-10-17(11-7-15)31-19(33)14-2-1-3-18(12-14)32(35)36/h1-12H,(H,31,33). The molecule has 0 heterocycles. The fourth-order valence-electron chi connectivity index (χ4n) is 3.20. The molecular formula is C23H13F7N2O5. The number of anilines is 1. The summed E-state index contributed by atoms with van der Waals surface area (Å²) >= 11 is 0. The number of esters is 1. The Morgan fingerprint density at radius 2 is 1.38 bits per heavy atom. The molecule has 0 aliphatic heterocycles. The van der Waals surface area contributed by atoms with Crippen molar-refractivity contribution in [3.05, 3.63) is 105 Å². The van der Waals surface area contributed by atoms with Gasteiger partial charge in [-0.2, -0.15) is 26.3 Å². The lowest BCUT2D eigenvalue weighted by molar-refractivity contribution is -0.384. The van der Waals surface area contributed by atoms with Crippen LogP contribution in [0.4, 0.5) is 42.1 Å². The van der Waals surface area contributed by atoms with Gasteiger partial charge >= 0.3 is 23.9 Å². The quantitative estimate of drug-likeness (QED) is 0.178. The number of amides is 1. The molecule has 194 valence electrons. The third-order valence-electron chi connectivity index (χ3n) is 4.99. The lowest BCUT2D eigenvalue weighted by Gasteiger charge is -2.36. The zero-order valence-electron chi connectivity index (χ0n) is 18.1. The first-order valence-corrected chi connectivity index (χ1v) is 9.94. The van der Waals surface area contributed by atoms with Crippen LogP contribution in [0.5, 0.6) is 0 Å². The van der Waals surface area contributed by atoms with E-state index in [0.717, 1.165) is 12.1 Å². The first-order valence-electron chi connectivity index (χ1n) is 9.94. The van der Waals surface area contributed by atoms with Crippen LogP contribution in [0.2, 0.25) is 0 Å². The fraction of sp³-hybridized carbons (Fsp3) is 0.130. The van der Waals surface area contributed by atoms with E-state index in [1.54, 1.807) is 0 Å². The molecule has 0 radical (unpaired) electrons. The lowest BCUT2D eigenvalue weighted by Crippen LogP contribution is -2.56. The van der Waals surface area contributed by atoms with Gasteiger partial charge in [0.1, 0.15) is 5.82 Å². The van der Waals surface area contributed by atoms with Gasteiger partial charge in [0.25, 0.3) is 11.6 Å². The van der Waals surface area contributed by atoms with E-state index in [1.807, 2.05) is 0 Å². The highest BCUT2D eigenvalue weighted by molar-refractivity contribution is 6.04. The summed E-state index contributed by atoms with van der Waals surface area (Å²) < 4.78 is 101. The second-order valence-electron chi connectivity index (χ2n) is 7.41. The van der Waals surface area contributed by atoms with Gasteiger partial charge in [-0.15, -0.1) is 0 Å². The number of carbonyl (C=O) groups excluding carboxylic acids is 2. The van der Waals surface area contributed by atoms with Crippen molar-refractivity contribution in [3.8, 4) is 0 Å². The van der Waals surface area contributed by atoms with Crippen LogP contribution < -0.4 is 5.32 Å². The smallest absolute Gasteiger partial charge is 0.431 e. The molecule has 0 aliphatic carbocycles. The minimum Gasteiger partial charge on any atom is -0.431 e. The average molecular weight is 530 g/mol. The summed E-state index contributed by atoms with van der Waals surface area (Å²) in [6.45, 7) is 0. The predicted molar refractivity (Wildman–Crippen MR) is 113 cm³/mol. The first-order chi connectivity index (χ1) is 17.2. The molecule has 0 saturated carbocycles. The van der Waals surface area contributed by atoms with Gasteiger partial charge in [0.15, 0.2) is 0 Å². The third kappa shape index (κ3) is 5.52. The van der Waals surface area contributed by atoms with E-state index in [-0.39, 0.29) is 11.3 Å². The molecule has 0 fully saturated rings. The second kappa shape index (κ2) is 9.87. The maximum Gasteiger partial charge on any atom is 0.442 e. The number of nitro groups is 1. The molecule has 14 heteroatoms. The number of ether oxygens (including phenoxy) is 1. The SMILES string of the molecule is O=C(Nc1ccc(C(OC(=O)c2ccc(F)cc2)(C(F)(F)F)C(F)(F)F)cc1)c1cccc([N+](=O)[O-])c1. The molecule has 0 spiro atoms. The molecule has 0 bridgehead atoms. The predicted octanol–water partition coefficient (Wildman–Crippen LogP) is 6.16. The van der Waals surface area contributed by atoms with E-state index in [2.05, 4.69) is 10.1 Å². The van der Waals surface area contributed by atoms with Gasteiger partial charge in [0, 0.05) is 28.9 Å². The molecule has 0 unspecified atom stereocenters. The Bertz CT molecular complexity index is 1310. The van der Waals surface area contributed by atoms with E-state index >= 15 is 0 Å². The van der Waals surface area contributed by atoms with Gasteiger partial charge < -0.3 is 10.1 Å². The number of nitrogens with zero attached hydrogens (tertiary/aromatic N) is 1. The highest BCUT2D eigenvalue weighted by Crippen LogP contribution is 2.53. The Morgan fingerprint density at radius 1 is 0.811 bits per heavy atom. The number of hydrogen-bond acceptors (Lipinski definition) is 5. The summed E-state index contributed by atoms with van der Waals surface area (Å²) in [4.78, 5) is 34.6. The van der Waals surface area contributed by atoms with Gasteiger partial charge in [-0.05, 0) is 42.5 Å². The summed E-state index contributed by atoms with van der Waals surface area (Å²) in [5, 5.41) is 13.0. The number of non-ortho nitro benzene ring substituents is 1. The average Bonchev–Trinajstić information content (AvgIpc) is 2.82. The van der Waals surface area contributed by atoms with Crippen molar-refractivity contribution in [1.29, 1.82) is 0 Å². The molecule has 7 nitrogen and oxygen atoms in total. The van der Waals surface area contributed by atoms with Crippen molar-refractivity contribution in [2.75, 3.05) is 5.32 Å². The number of nitrogens with one attached hydrogen (secondary N) is 1. The molecule has 0 atom stereocenters. The van der Waals surface area contributed by atoms with E-state index < -0.39 is 57.4 Å². The largest absolute Gasteiger partial charge is 0.442 e. The first kappa shape index (κ1) is 27.1. The molecule has 1 N–H and O–H groups in total. The van der Waals surface area contributed by atoms with Gasteiger partial charge in [-0.25, -0.2) is 9.18 Å². The van der Waals surface area contributed by atoms with Crippen LogP contribution in [0.15, 0.2) is 72.8 Å². The van der Waals surface area contributed by atoms with Crippen molar-refractivity contribution in [1.82, 2.24) is 0 Å². The fourth-order valence-corrected chi connectivity index (χ4v) is 3.20. The van der Waals surface area contributed by atoms with Crippen LogP contribution >= 0.6 is 0 Å². The summed E-state index contributed by atoms with van der Waals surface area (Å²) in [6.07, 6.45) is -12.4. The number of hydrogen-bond donors (Lipinski definition) is 1. The minimum absolute atomic E-state index is 0.202. The Balaban J connectivity index is 1.96. The summed E-state index contributed by atoms with van der Waals surface area (Å²) in [6, 6.07) is 9.12. The monoisotopic (exact) mass is 530 g/mol. The normalized spacial score (nSPS) is 12.1. The molecule has 0 saturated heterocycles. The molecule has 3 aromatic carbocycles. The number of alkyl halides is 6. The van der Waals surface area contributed by atoms with Crippen molar-refractivity contribution in [2.24, 2.45) is 0 Å². The molecule has 37 heavy (non-hydrogen) atoms. The van der Waals surface area contributed by atoms with Gasteiger partial charge in [-0.3, -0.25) is 14.9 Å². The number of carbonyl (C=O) groups is 2. The third-order valence-corrected chi connectivity index (χ3v) is 4.99. The topological polar surface area (TPSA) is 98.5 Å². The van der Waals surface area contributed by atoms with Crippen LogP contribution in [0, 0.1) is 15.9 Å². The molecule has 0 aromatic heterocycles. The summed E-state index contributed by atoms with van der Waals surface area (Å²) in [5.41, 5.74) is -8.29. The Morgan fingerprint density at radius 3 is 1.89 bits per heavy atom. The van der Waals surface area contributed by atoms with E-state index in [1.165, 1.54) is 12.1 Å². The van der Waals surface area contributed by atoms with Crippen molar-refractivity contribution in [3.63, 3.8) is 0 Å². The highest BCUT2D eigenvalue weighted by Gasteiger charge is 2.75. The summed E-state index contributed by atoms with van der Waals surface area (Å²) in [7, 11) is 0. The number of rotatable bonds is 6. The van der Waals surface area contributed by atoms with Gasteiger partial charge in [-0.1, -0.05) is 18.2 Å². The number of benzene rings is 3. The zero-order chi connectivity index (χ0) is 27.6. The van der Waals surface area contributed by atoms with E-state index in [9.17, 15) is 50.4 Å². The molecule has 3 aromatic rings. The Kier molecular flexibility index (Phi) is 7.23. The van der Waals surface area contributed by atoms with Crippen molar-refractivity contribution in [2.45, 2.75) is 18.0 Å². The molecular weight excluding hydrogens is 517 g/mol. The van der Waals surface area contributed by atoms with Gasteiger partial charge in [0.05, 0.1) is 10.5 Å². The molecule has 3 rings (SSSR count). The van der Waals surface area contributed by atoms with Gasteiger partial charge in [0.2, 0.25) is 0 Å².